The summed E-state index contributed by atoms with van der Waals surface area (Å²) in [6, 6.07) is 1.78. The van der Waals surface area contributed by atoms with Gasteiger partial charge >= 0.3 is 10.2 Å². The number of nitrogens with one attached hydrogen (secondary N) is 2. The maximum atomic E-state index is 12.6. The Labute approximate surface area is 143 Å². The van der Waals surface area contributed by atoms with Crippen LogP contribution in [0, 0.1) is 5.92 Å². The Kier molecular flexibility index (Phi) is 3.73. The highest BCUT2D eigenvalue weighted by atomic mass is 35.5. The van der Waals surface area contributed by atoms with E-state index in [0.717, 1.165) is 12.0 Å². The van der Waals surface area contributed by atoms with Gasteiger partial charge in [-0.05, 0) is 24.0 Å². The molecule has 0 bridgehead atoms. The molecule has 0 aliphatic carbocycles. The fourth-order valence-electron chi connectivity index (χ4n) is 3.18. The van der Waals surface area contributed by atoms with Crippen LogP contribution in [-0.4, -0.2) is 37.5 Å². The molecule has 1 fully saturated rings. The first-order valence-corrected chi connectivity index (χ1v) is 9.49. The van der Waals surface area contributed by atoms with Gasteiger partial charge in [0.05, 0.1) is 27.9 Å². The van der Waals surface area contributed by atoms with Crippen LogP contribution in [0.1, 0.15) is 12.0 Å². The van der Waals surface area contributed by atoms with E-state index in [-0.39, 0.29) is 12.5 Å². The second-order valence-corrected chi connectivity index (χ2v) is 8.39. The molecule has 2 aliphatic heterocycles. The third-order valence-corrected chi connectivity index (χ3v) is 6.36. The van der Waals surface area contributed by atoms with Crippen molar-refractivity contribution in [2.24, 2.45) is 5.92 Å². The molecule has 2 aliphatic rings. The number of ether oxygens (including phenoxy) is 1. The Morgan fingerprint density at radius 3 is 2.91 bits per heavy atom. The average molecular weight is 376 g/mol. The van der Waals surface area contributed by atoms with E-state index in [1.165, 1.54) is 4.31 Å². The van der Waals surface area contributed by atoms with E-state index in [2.05, 4.69) is 9.71 Å². The zero-order chi connectivity index (χ0) is 16.2. The number of hydrogen-bond donors (Lipinski definition) is 2. The lowest BCUT2D eigenvalue weighted by Crippen LogP contribution is -2.42. The lowest BCUT2D eigenvalue weighted by atomic mass is 10.1. The highest BCUT2D eigenvalue weighted by molar-refractivity contribution is 7.90. The first kappa shape index (κ1) is 15.5. The molecule has 1 unspecified atom stereocenters. The number of anilines is 1. The van der Waals surface area contributed by atoms with Gasteiger partial charge in [0, 0.05) is 31.3 Å². The summed E-state index contributed by atoms with van der Waals surface area (Å²) in [5.74, 6) is 0.229. The van der Waals surface area contributed by atoms with Crippen LogP contribution in [0.25, 0.3) is 10.9 Å². The topological polar surface area (TPSA) is 74.4 Å². The number of aromatic amines is 1. The molecule has 0 radical (unpaired) electrons. The molecule has 2 N–H and O–H groups in total. The van der Waals surface area contributed by atoms with E-state index in [0.29, 0.717) is 46.4 Å². The van der Waals surface area contributed by atoms with Crippen molar-refractivity contribution < 1.29 is 13.2 Å². The number of nitrogens with zero attached hydrogens (tertiary/aromatic N) is 1. The zero-order valence-corrected chi connectivity index (χ0v) is 14.4. The summed E-state index contributed by atoms with van der Waals surface area (Å²) in [5, 5.41) is 1.61. The molecule has 124 valence electrons. The number of benzene rings is 1. The minimum Gasteiger partial charge on any atom is -0.381 e. The van der Waals surface area contributed by atoms with Crippen molar-refractivity contribution >= 4 is 50.0 Å². The number of halogens is 2. The summed E-state index contributed by atoms with van der Waals surface area (Å²) < 4.78 is 34.6. The van der Waals surface area contributed by atoms with Gasteiger partial charge in [-0.15, -0.1) is 0 Å². The molecule has 3 heterocycles. The second-order valence-electron chi connectivity index (χ2n) is 5.91. The van der Waals surface area contributed by atoms with Gasteiger partial charge in [0.1, 0.15) is 0 Å². The summed E-state index contributed by atoms with van der Waals surface area (Å²) in [4.78, 5) is 3.00. The van der Waals surface area contributed by atoms with Gasteiger partial charge in [0.25, 0.3) is 0 Å². The third kappa shape index (κ3) is 2.60. The van der Waals surface area contributed by atoms with E-state index < -0.39 is 10.2 Å². The summed E-state index contributed by atoms with van der Waals surface area (Å²) in [5.41, 5.74) is 1.97. The molecule has 1 aromatic heterocycles. The van der Waals surface area contributed by atoms with Gasteiger partial charge < -0.3 is 9.72 Å². The van der Waals surface area contributed by atoms with Gasteiger partial charge in [-0.2, -0.15) is 12.7 Å². The summed E-state index contributed by atoms with van der Waals surface area (Å²) in [6.07, 6.45) is 2.49. The minimum absolute atomic E-state index is 0.229. The molecule has 0 amide bonds. The molecule has 4 rings (SSSR count). The van der Waals surface area contributed by atoms with Crippen LogP contribution in [0.5, 0.6) is 0 Å². The highest BCUT2D eigenvalue weighted by Crippen LogP contribution is 2.40. The fourth-order valence-corrected chi connectivity index (χ4v) is 5.14. The quantitative estimate of drug-likeness (QED) is 0.846. The maximum Gasteiger partial charge on any atom is 0.302 e. The predicted octanol–water partition coefficient (Wildman–Crippen LogP) is 2.98. The zero-order valence-electron chi connectivity index (χ0n) is 12.1. The van der Waals surface area contributed by atoms with Crippen molar-refractivity contribution in [3.05, 3.63) is 27.9 Å². The monoisotopic (exact) mass is 375 g/mol. The number of rotatable bonds is 2. The molecule has 2 aromatic rings. The molecule has 1 aromatic carbocycles. The summed E-state index contributed by atoms with van der Waals surface area (Å²) in [7, 11) is -3.60. The van der Waals surface area contributed by atoms with Gasteiger partial charge in [0.2, 0.25) is 0 Å². The summed E-state index contributed by atoms with van der Waals surface area (Å²) in [6.45, 7) is 2.02. The standard InChI is InChI=1S/C14H15Cl2N3O3S/c15-10-3-9-6-19(5-8-1-2-22-7-8)23(20,21)18-13(9)14-12(10)11(16)4-17-14/h3-4,8,17-18H,1-2,5-7H2. The van der Waals surface area contributed by atoms with E-state index in [1.54, 1.807) is 12.3 Å². The van der Waals surface area contributed by atoms with Crippen LogP contribution >= 0.6 is 23.2 Å². The van der Waals surface area contributed by atoms with Crippen LogP contribution in [0.2, 0.25) is 10.0 Å². The SMILES string of the molecule is O=S1(=O)Nc2c(cc(Cl)c3c(Cl)c[nH]c23)CN1CC1CCOC1. The fraction of sp³-hybridized carbons (Fsp3) is 0.429. The average Bonchev–Trinajstić information content (AvgIpc) is 3.11. The van der Waals surface area contributed by atoms with Crippen molar-refractivity contribution in [3.8, 4) is 0 Å². The Morgan fingerprint density at radius 1 is 1.35 bits per heavy atom. The molecule has 6 nitrogen and oxygen atoms in total. The van der Waals surface area contributed by atoms with E-state index in [9.17, 15) is 8.42 Å². The van der Waals surface area contributed by atoms with Gasteiger partial charge in [-0.25, -0.2) is 0 Å². The van der Waals surface area contributed by atoms with E-state index >= 15 is 0 Å². The Hall–Kier alpha value is -0.990. The summed E-state index contributed by atoms with van der Waals surface area (Å²) >= 11 is 12.4. The Morgan fingerprint density at radius 2 is 2.17 bits per heavy atom. The van der Waals surface area contributed by atoms with Crippen molar-refractivity contribution in [2.45, 2.75) is 13.0 Å². The van der Waals surface area contributed by atoms with E-state index in [4.69, 9.17) is 27.9 Å². The number of fused-ring (bicyclic) bond motifs is 3. The smallest absolute Gasteiger partial charge is 0.302 e. The molecular formula is C14H15Cl2N3O3S. The lowest BCUT2D eigenvalue weighted by molar-refractivity contribution is 0.180. The maximum absolute atomic E-state index is 12.6. The van der Waals surface area contributed by atoms with Crippen LogP contribution in [0.3, 0.4) is 0 Å². The first-order valence-electron chi connectivity index (χ1n) is 7.29. The second kappa shape index (κ2) is 5.53. The Bertz CT molecular complexity index is 875. The minimum atomic E-state index is -3.60. The molecule has 23 heavy (non-hydrogen) atoms. The first-order chi connectivity index (χ1) is 11.0. The molecule has 1 saturated heterocycles. The van der Waals surface area contributed by atoms with Crippen LogP contribution < -0.4 is 4.72 Å². The van der Waals surface area contributed by atoms with Crippen molar-refractivity contribution in [1.82, 2.24) is 9.29 Å². The van der Waals surface area contributed by atoms with Crippen molar-refractivity contribution in [2.75, 3.05) is 24.5 Å². The molecular weight excluding hydrogens is 361 g/mol. The number of H-pyrrole nitrogens is 1. The van der Waals surface area contributed by atoms with Crippen molar-refractivity contribution in [1.29, 1.82) is 0 Å². The van der Waals surface area contributed by atoms with Gasteiger partial charge in [-0.3, -0.25) is 4.72 Å². The van der Waals surface area contributed by atoms with Gasteiger partial charge in [-0.1, -0.05) is 23.2 Å². The third-order valence-electron chi connectivity index (χ3n) is 4.35. The van der Waals surface area contributed by atoms with Crippen LogP contribution in [0.4, 0.5) is 5.69 Å². The normalized spacial score (nSPS) is 23.8. The number of hydrogen-bond acceptors (Lipinski definition) is 3. The van der Waals surface area contributed by atoms with Crippen molar-refractivity contribution in [3.63, 3.8) is 0 Å². The molecule has 1 atom stereocenters. The number of aromatic nitrogens is 1. The predicted molar refractivity (Wildman–Crippen MR) is 90.2 cm³/mol. The highest BCUT2D eigenvalue weighted by Gasteiger charge is 2.33. The Balaban J connectivity index is 1.76. The largest absolute Gasteiger partial charge is 0.381 e. The lowest BCUT2D eigenvalue weighted by Gasteiger charge is -2.31. The van der Waals surface area contributed by atoms with Crippen LogP contribution in [-0.2, 0) is 21.5 Å². The molecule has 0 saturated carbocycles. The van der Waals surface area contributed by atoms with E-state index in [1.807, 2.05) is 0 Å². The molecule has 9 heteroatoms. The van der Waals surface area contributed by atoms with Crippen LogP contribution in [0.15, 0.2) is 12.3 Å². The molecule has 0 spiro atoms. The van der Waals surface area contributed by atoms with Gasteiger partial charge in [0.15, 0.2) is 0 Å².